The molecule has 43 heavy (non-hydrogen) atoms. The molecule has 6 rings (SSSR count). The van der Waals surface area contributed by atoms with E-state index in [9.17, 15) is 9.59 Å². The average Bonchev–Trinajstić information content (AvgIpc) is 3.53. The van der Waals surface area contributed by atoms with Crippen LogP contribution in [-0.2, 0) is 19.4 Å². The Morgan fingerprint density at radius 3 is 2.47 bits per heavy atom. The highest BCUT2D eigenvalue weighted by Crippen LogP contribution is 2.34. The van der Waals surface area contributed by atoms with Crippen molar-refractivity contribution in [2.24, 2.45) is 5.73 Å². The highest BCUT2D eigenvalue weighted by Gasteiger charge is 2.22. The van der Waals surface area contributed by atoms with E-state index in [4.69, 9.17) is 20.2 Å². The number of carbonyl (C=O) groups excluding carboxylic acids is 2. The van der Waals surface area contributed by atoms with Crippen LogP contribution in [0.1, 0.15) is 36.7 Å². The van der Waals surface area contributed by atoms with Crippen molar-refractivity contribution in [3.63, 3.8) is 0 Å². The van der Waals surface area contributed by atoms with Crippen molar-refractivity contribution < 1.29 is 19.1 Å². The number of aromatic nitrogens is 1. The van der Waals surface area contributed by atoms with E-state index < -0.39 is 5.91 Å². The van der Waals surface area contributed by atoms with E-state index in [-0.39, 0.29) is 11.5 Å². The summed E-state index contributed by atoms with van der Waals surface area (Å²) in [5.41, 5.74) is 12.2. The third-order valence-corrected chi connectivity index (χ3v) is 8.75. The zero-order valence-electron chi connectivity index (χ0n) is 24.1. The molecule has 0 bridgehead atoms. The number of thiophene rings is 1. The van der Waals surface area contributed by atoms with Crippen molar-refractivity contribution in [1.82, 2.24) is 9.88 Å². The van der Waals surface area contributed by atoms with Crippen LogP contribution in [0.15, 0.2) is 78.2 Å². The maximum Gasteiger partial charge on any atom is 0.266 e. The number of nitrogens with two attached hydrogens (primary N) is 1. The molecule has 1 aliphatic rings. The lowest BCUT2D eigenvalue weighted by Gasteiger charge is -2.29. The summed E-state index contributed by atoms with van der Waals surface area (Å²) in [7, 11) is 3.33. The predicted octanol–water partition coefficient (Wildman–Crippen LogP) is 5.93. The molecule has 2 aromatic heterocycles. The number of primary amides is 1. The number of para-hydroxylation sites is 1. The molecular formula is C34H32N4O4S. The highest BCUT2D eigenvalue weighted by atomic mass is 32.1. The van der Waals surface area contributed by atoms with Crippen LogP contribution in [-0.4, -0.2) is 49.0 Å². The number of amides is 2. The fraction of sp³-hybridized carbons (Fsp3) is 0.206. The van der Waals surface area contributed by atoms with Gasteiger partial charge in [0.1, 0.15) is 4.88 Å². The molecule has 0 atom stereocenters. The fourth-order valence-electron chi connectivity index (χ4n) is 5.54. The zero-order chi connectivity index (χ0) is 29.9. The van der Waals surface area contributed by atoms with Crippen molar-refractivity contribution in [1.29, 1.82) is 0 Å². The van der Waals surface area contributed by atoms with Crippen molar-refractivity contribution >= 4 is 39.7 Å². The predicted molar refractivity (Wildman–Crippen MR) is 170 cm³/mol. The minimum absolute atomic E-state index is 0.262. The molecule has 2 amide bonds. The molecule has 3 N–H and O–H groups in total. The summed E-state index contributed by atoms with van der Waals surface area (Å²) in [6.45, 7) is 2.79. The maximum absolute atomic E-state index is 13.3. The monoisotopic (exact) mass is 592 g/mol. The van der Waals surface area contributed by atoms with Gasteiger partial charge in [-0.1, -0.05) is 30.3 Å². The van der Waals surface area contributed by atoms with E-state index >= 15 is 0 Å². The third kappa shape index (κ3) is 5.95. The molecule has 0 spiro atoms. The van der Waals surface area contributed by atoms with Gasteiger partial charge in [0.05, 0.1) is 31.0 Å². The summed E-state index contributed by atoms with van der Waals surface area (Å²) in [6.07, 6.45) is 1.87. The second kappa shape index (κ2) is 12.2. The van der Waals surface area contributed by atoms with Gasteiger partial charge in [0, 0.05) is 36.3 Å². The number of hydrogen-bond donors (Lipinski definition) is 2. The molecule has 3 heterocycles. The molecule has 0 saturated heterocycles. The van der Waals surface area contributed by atoms with Crippen LogP contribution in [0.25, 0.3) is 22.2 Å². The van der Waals surface area contributed by atoms with E-state index in [1.165, 1.54) is 28.0 Å². The van der Waals surface area contributed by atoms with Gasteiger partial charge in [-0.2, -0.15) is 0 Å². The lowest BCUT2D eigenvalue weighted by molar-refractivity contribution is 0.0997. The van der Waals surface area contributed by atoms with E-state index in [2.05, 4.69) is 22.3 Å². The number of anilines is 1. The molecule has 0 unspecified atom stereocenters. The Kier molecular flexibility index (Phi) is 8.09. The standard InChI is InChI=1S/C34H32N4O4S/c1-41-29-18-22-12-15-38(20-24(22)19-30(29)42-2)14-11-21-7-9-25(10-8-21)36-34(40)32-26(13-16-43-32)31-27(33(35)39)17-23-5-3-4-6-28(23)37-31/h3-10,13,16-19H,11-12,14-15,20H2,1-2H3,(H2,35,39)(H,36,40). The number of rotatable bonds is 9. The van der Waals surface area contributed by atoms with Crippen LogP contribution >= 0.6 is 11.3 Å². The van der Waals surface area contributed by atoms with Gasteiger partial charge in [0.2, 0.25) is 0 Å². The van der Waals surface area contributed by atoms with Crippen LogP contribution in [0.2, 0.25) is 0 Å². The molecular weight excluding hydrogens is 560 g/mol. The largest absolute Gasteiger partial charge is 0.493 e. The molecule has 9 heteroatoms. The second-order valence-electron chi connectivity index (χ2n) is 10.5. The molecule has 0 fully saturated rings. The SMILES string of the molecule is COc1cc2c(cc1OC)CN(CCc1ccc(NC(=O)c3sccc3-c3nc4ccccc4cc3C(N)=O)cc1)CC2. The van der Waals surface area contributed by atoms with Gasteiger partial charge in [-0.3, -0.25) is 14.5 Å². The first-order valence-electron chi connectivity index (χ1n) is 14.1. The Balaban J connectivity index is 1.11. The van der Waals surface area contributed by atoms with Crippen LogP contribution in [0, 0.1) is 0 Å². The number of hydrogen-bond acceptors (Lipinski definition) is 7. The Hall–Kier alpha value is -4.73. The molecule has 218 valence electrons. The van der Waals surface area contributed by atoms with Crippen molar-refractivity contribution in [3.05, 3.63) is 105 Å². The number of pyridine rings is 1. The Morgan fingerprint density at radius 2 is 1.72 bits per heavy atom. The first-order chi connectivity index (χ1) is 20.9. The molecule has 8 nitrogen and oxygen atoms in total. The van der Waals surface area contributed by atoms with Gasteiger partial charge in [0.25, 0.3) is 11.8 Å². The summed E-state index contributed by atoms with van der Waals surface area (Å²) in [5, 5.41) is 5.63. The van der Waals surface area contributed by atoms with Crippen molar-refractivity contribution in [3.8, 4) is 22.8 Å². The third-order valence-electron chi connectivity index (χ3n) is 7.84. The van der Waals surface area contributed by atoms with E-state index in [0.717, 1.165) is 54.9 Å². The first-order valence-corrected chi connectivity index (χ1v) is 15.0. The Bertz CT molecular complexity index is 1820. The lowest BCUT2D eigenvalue weighted by Crippen LogP contribution is -2.32. The summed E-state index contributed by atoms with van der Waals surface area (Å²) in [6, 6.07) is 23.2. The number of nitrogens with zero attached hydrogens (tertiary/aromatic N) is 2. The average molecular weight is 593 g/mol. The lowest BCUT2D eigenvalue weighted by atomic mass is 9.98. The van der Waals surface area contributed by atoms with Crippen LogP contribution < -0.4 is 20.5 Å². The van der Waals surface area contributed by atoms with Gasteiger partial charge in [-0.15, -0.1) is 11.3 Å². The summed E-state index contributed by atoms with van der Waals surface area (Å²) in [5.74, 6) is 0.687. The number of fused-ring (bicyclic) bond motifs is 2. The van der Waals surface area contributed by atoms with Gasteiger partial charge in [-0.05, 0) is 77.4 Å². The van der Waals surface area contributed by atoms with Gasteiger partial charge in [0.15, 0.2) is 11.5 Å². The van der Waals surface area contributed by atoms with E-state index in [1.807, 2.05) is 53.9 Å². The number of benzene rings is 3. The summed E-state index contributed by atoms with van der Waals surface area (Å²) in [4.78, 5) is 33.3. The van der Waals surface area contributed by atoms with Gasteiger partial charge < -0.3 is 20.5 Å². The van der Waals surface area contributed by atoms with Crippen LogP contribution in [0.5, 0.6) is 11.5 Å². The Labute approximate surface area is 254 Å². The molecule has 0 saturated carbocycles. The number of carbonyl (C=O) groups is 2. The highest BCUT2D eigenvalue weighted by molar-refractivity contribution is 7.12. The zero-order valence-corrected chi connectivity index (χ0v) is 24.9. The Morgan fingerprint density at radius 1 is 0.977 bits per heavy atom. The maximum atomic E-state index is 13.3. The normalized spacial score (nSPS) is 13.0. The van der Waals surface area contributed by atoms with E-state index in [0.29, 0.717) is 21.8 Å². The van der Waals surface area contributed by atoms with Gasteiger partial charge >= 0.3 is 0 Å². The van der Waals surface area contributed by atoms with Crippen LogP contribution in [0.4, 0.5) is 5.69 Å². The van der Waals surface area contributed by atoms with Crippen molar-refractivity contribution in [2.75, 3.05) is 32.6 Å². The fourth-order valence-corrected chi connectivity index (χ4v) is 6.33. The number of nitrogens with one attached hydrogen (secondary N) is 1. The molecule has 0 radical (unpaired) electrons. The summed E-state index contributed by atoms with van der Waals surface area (Å²) < 4.78 is 11.0. The molecule has 0 aliphatic carbocycles. The summed E-state index contributed by atoms with van der Waals surface area (Å²) >= 11 is 1.30. The number of methoxy groups -OCH3 is 2. The van der Waals surface area contributed by atoms with Crippen LogP contribution in [0.3, 0.4) is 0 Å². The second-order valence-corrected chi connectivity index (χ2v) is 11.4. The van der Waals surface area contributed by atoms with E-state index in [1.54, 1.807) is 26.4 Å². The molecule has 1 aliphatic heterocycles. The quantitative estimate of drug-likeness (QED) is 0.220. The smallest absolute Gasteiger partial charge is 0.266 e. The topological polar surface area (TPSA) is 107 Å². The first kappa shape index (κ1) is 28.4. The minimum Gasteiger partial charge on any atom is -0.493 e. The van der Waals surface area contributed by atoms with Gasteiger partial charge in [-0.25, -0.2) is 4.98 Å². The molecule has 5 aromatic rings. The number of ether oxygens (including phenoxy) is 2. The minimum atomic E-state index is -0.588. The van der Waals surface area contributed by atoms with Crippen molar-refractivity contribution in [2.45, 2.75) is 19.4 Å². The molecule has 3 aromatic carbocycles.